The molecule has 2 rings (SSSR count). The number of piperidine rings is 1. The maximum atomic E-state index is 11.9. The number of carbonyl (C=O) groups excluding carboxylic acids is 1. The number of hydrogen-bond acceptors (Lipinski definition) is 4. The van der Waals surface area contributed by atoms with E-state index in [0.717, 1.165) is 25.8 Å². The molecule has 0 saturated carbocycles. The Morgan fingerprint density at radius 2 is 2.30 bits per heavy atom. The van der Waals surface area contributed by atoms with Crippen LogP contribution in [0.5, 0.6) is 6.01 Å². The molecule has 1 fully saturated rings. The molecule has 1 saturated heterocycles. The number of likely N-dealkylation sites (tertiary alicyclic amines) is 1. The van der Waals surface area contributed by atoms with E-state index < -0.39 is 0 Å². The van der Waals surface area contributed by atoms with Gasteiger partial charge in [0, 0.05) is 13.1 Å². The normalized spacial score (nSPS) is 18.7. The van der Waals surface area contributed by atoms with Crippen molar-refractivity contribution in [1.29, 1.82) is 0 Å². The van der Waals surface area contributed by atoms with Crippen molar-refractivity contribution in [3.05, 3.63) is 17.4 Å². The molecule has 6 nitrogen and oxygen atoms in total. The van der Waals surface area contributed by atoms with Crippen LogP contribution in [0.1, 0.15) is 26.2 Å². The minimum Gasteiger partial charge on any atom is -0.458 e. The van der Waals surface area contributed by atoms with Gasteiger partial charge in [0.1, 0.15) is 6.10 Å². The van der Waals surface area contributed by atoms with Gasteiger partial charge in [0.05, 0.1) is 24.0 Å². The maximum absolute atomic E-state index is 11.9. The molecule has 1 aliphatic rings. The third-order valence-electron chi connectivity index (χ3n) is 3.06. The van der Waals surface area contributed by atoms with Crippen molar-refractivity contribution < 1.29 is 9.53 Å². The van der Waals surface area contributed by atoms with E-state index in [2.05, 4.69) is 15.3 Å². The number of hydrogen-bond donors (Lipinski definition) is 1. The van der Waals surface area contributed by atoms with Crippen molar-refractivity contribution in [1.82, 2.24) is 20.2 Å². The van der Waals surface area contributed by atoms with Gasteiger partial charge in [0.25, 0.3) is 0 Å². The second-order valence-electron chi connectivity index (χ2n) is 4.74. The average molecular weight is 299 g/mol. The molecule has 7 heteroatoms. The zero-order valence-electron chi connectivity index (χ0n) is 11.5. The summed E-state index contributed by atoms with van der Waals surface area (Å²) in [6, 6.07) is 0.271. The van der Waals surface area contributed by atoms with Crippen molar-refractivity contribution in [2.45, 2.75) is 32.3 Å². The average Bonchev–Trinajstić information content (AvgIpc) is 2.47. The summed E-state index contributed by atoms with van der Waals surface area (Å²) in [4.78, 5) is 21.7. The smallest absolute Gasteiger partial charge is 0.317 e. The second-order valence-corrected chi connectivity index (χ2v) is 5.18. The lowest BCUT2D eigenvalue weighted by atomic mass is 10.1. The van der Waals surface area contributed by atoms with Gasteiger partial charge in [-0.1, -0.05) is 18.5 Å². The van der Waals surface area contributed by atoms with Gasteiger partial charge in [-0.25, -0.2) is 14.8 Å². The Morgan fingerprint density at radius 1 is 1.55 bits per heavy atom. The van der Waals surface area contributed by atoms with Crippen LogP contribution in [0.2, 0.25) is 5.02 Å². The molecular formula is C13H19ClN4O2. The van der Waals surface area contributed by atoms with Crippen molar-refractivity contribution in [3.8, 4) is 6.01 Å². The van der Waals surface area contributed by atoms with Gasteiger partial charge < -0.3 is 15.0 Å². The highest BCUT2D eigenvalue weighted by molar-refractivity contribution is 6.30. The van der Waals surface area contributed by atoms with Crippen LogP contribution in [0.15, 0.2) is 12.4 Å². The van der Waals surface area contributed by atoms with Gasteiger partial charge in [-0.05, 0) is 19.3 Å². The van der Waals surface area contributed by atoms with E-state index >= 15 is 0 Å². The first-order valence-corrected chi connectivity index (χ1v) is 7.24. The van der Waals surface area contributed by atoms with E-state index in [1.165, 1.54) is 12.4 Å². The summed E-state index contributed by atoms with van der Waals surface area (Å²) in [5.74, 6) is 0. The fourth-order valence-electron chi connectivity index (χ4n) is 2.07. The van der Waals surface area contributed by atoms with Gasteiger partial charge in [-0.3, -0.25) is 0 Å². The van der Waals surface area contributed by atoms with Gasteiger partial charge in [0.15, 0.2) is 0 Å². The van der Waals surface area contributed by atoms with Crippen LogP contribution in [0.25, 0.3) is 0 Å². The highest BCUT2D eigenvalue weighted by atomic mass is 35.5. The van der Waals surface area contributed by atoms with Crippen molar-refractivity contribution in [2.75, 3.05) is 19.6 Å². The monoisotopic (exact) mass is 298 g/mol. The third kappa shape index (κ3) is 4.23. The van der Waals surface area contributed by atoms with Crippen molar-refractivity contribution >= 4 is 17.6 Å². The van der Waals surface area contributed by atoms with Crippen LogP contribution in [-0.2, 0) is 0 Å². The molecule has 1 N–H and O–H groups in total. The Labute approximate surface area is 123 Å². The first kappa shape index (κ1) is 14.8. The van der Waals surface area contributed by atoms with Crippen LogP contribution in [0.4, 0.5) is 4.79 Å². The Hall–Kier alpha value is -1.56. The number of ether oxygens (including phenoxy) is 1. The number of nitrogens with one attached hydrogen (secondary N) is 1. The Balaban J connectivity index is 1.86. The summed E-state index contributed by atoms with van der Waals surface area (Å²) in [6.07, 6.45) is 5.66. The number of aromatic nitrogens is 2. The molecule has 110 valence electrons. The van der Waals surface area contributed by atoms with E-state index in [4.69, 9.17) is 16.3 Å². The van der Waals surface area contributed by atoms with E-state index in [9.17, 15) is 4.79 Å². The molecule has 2 heterocycles. The SMILES string of the molecule is CCCNC(=O)N1CCCC(Oc2ncc(Cl)cn2)C1. The predicted octanol–water partition coefficient (Wildman–Crippen LogP) is 2.09. The Bertz CT molecular complexity index is 441. The van der Waals surface area contributed by atoms with Gasteiger partial charge >= 0.3 is 12.0 Å². The molecule has 20 heavy (non-hydrogen) atoms. The predicted molar refractivity (Wildman–Crippen MR) is 76.0 cm³/mol. The van der Waals surface area contributed by atoms with Crippen LogP contribution < -0.4 is 10.1 Å². The van der Waals surface area contributed by atoms with Gasteiger partial charge in [-0.15, -0.1) is 0 Å². The Kier molecular flexibility index (Phi) is 5.40. The maximum Gasteiger partial charge on any atom is 0.317 e. The number of urea groups is 1. The molecule has 1 unspecified atom stereocenters. The van der Waals surface area contributed by atoms with Gasteiger partial charge in [0.2, 0.25) is 0 Å². The molecule has 1 aromatic heterocycles. The minimum atomic E-state index is -0.0719. The molecule has 2 amide bonds. The summed E-state index contributed by atoms with van der Waals surface area (Å²) in [5.41, 5.74) is 0. The molecule has 0 radical (unpaired) electrons. The number of carbonyl (C=O) groups is 1. The molecule has 1 aromatic rings. The van der Waals surface area contributed by atoms with E-state index in [-0.39, 0.29) is 12.1 Å². The lowest BCUT2D eigenvalue weighted by Gasteiger charge is -2.32. The second kappa shape index (κ2) is 7.28. The number of rotatable bonds is 4. The fraction of sp³-hybridized carbons (Fsp3) is 0.615. The molecule has 0 aliphatic carbocycles. The zero-order chi connectivity index (χ0) is 14.4. The minimum absolute atomic E-state index is 0.0304. The zero-order valence-corrected chi connectivity index (χ0v) is 12.3. The van der Waals surface area contributed by atoms with Crippen LogP contribution in [-0.4, -0.2) is 46.6 Å². The van der Waals surface area contributed by atoms with Crippen LogP contribution in [0, 0.1) is 0 Å². The van der Waals surface area contributed by atoms with Crippen LogP contribution >= 0.6 is 11.6 Å². The van der Waals surface area contributed by atoms with Crippen molar-refractivity contribution in [3.63, 3.8) is 0 Å². The summed E-state index contributed by atoms with van der Waals surface area (Å²) in [6.45, 7) is 4.04. The molecule has 1 atom stereocenters. The summed E-state index contributed by atoms with van der Waals surface area (Å²) in [7, 11) is 0. The number of nitrogens with zero attached hydrogens (tertiary/aromatic N) is 3. The fourth-order valence-corrected chi connectivity index (χ4v) is 2.17. The topological polar surface area (TPSA) is 67.4 Å². The first-order valence-electron chi connectivity index (χ1n) is 6.86. The third-order valence-corrected chi connectivity index (χ3v) is 3.26. The lowest BCUT2D eigenvalue weighted by Crippen LogP contribution is -2.48. The lowest BCUT2D eigenvalue weighted by molar-refractivity contribution is 0.0940. The van der Waals surface area contributed by atoms with E-state index in [1.54, 1.807) is 4.90 Å². The number of amides is 2. The number of halogens is 1. The van der Waals surface area contributed by atoms with E-state index in [0.29, 0.717) is 24.1 Å². The van der Waals surface area contributed by atoms with Gasteiger partial charge in [-0.2, -0.15) is 0 Å². The quantitative estimate of drug-likeness (QED) is 0.924. The summed E-state index contributed by atoms with van der Waals surface area (Å²) in [5, 5.41) is 3.35. The first-order chi connectivity index (χ1) is 9.69. The van der Waals surface area contributed by atoms with E-state index in [1.807, 2.05) is 6.92 Å². The molecule has 0 spiro atoms. The molecular weight excluding hydrogens is 280 g/mol. The summed E-state index contributed by atoms with van der Waals surface area (Å²) < 4.78 is 5.69. The highest BCUT2D eigenvalue weighted by Gasteiger charge is 2.25. The van der Waals surface area contributed by atoms with Crippen molar-refractivity contribution in [2.24, 2.45) is 0 Å². The summed E-state index contributed by atoms with van der Waals surface area (Å²) >= 11 is 5.73. The standard InChI is InChI=1S/C13H19ClN4O2/c1-2-5-15-13(19)18-6-3-4-11(9-18)20-12-16-7-10(14)8-17-12/h7-8,11H,2-6,9H2,1H3,(H,15,19). The Morgan fingerprint density at radius 3 is 3.00 bits per heavy atom. The highest BCUT2D eigenvalue weighted by Crippen LogP contribution is 2.16. The molecule has 0 bridgehead atoms. The van der Waals surface area contributed by atoms with Crippen LogP contribution in [0.3, 0.4) is 0 Å². The molecule has 0 aromatic carbocycles. The molecule has 1 aliphatic heterocycles. The largest absolute Gasteiger partial charge is 0.458 e.